The maximum atomic E-state index is 12.3. The number of sulfonamides is 1. The fraction of sp³-hybridized carbons (Fsp3) is 0.176. The monoisotopic (exact) mass is 362 g/mol. The minimum Gasteiger partial charge on any atom is -0.449 e. The summed E-state index contributed by atoms with van der Waals surface area (Å²) in [5.41, 5.74) is 0.687. The van der Waals surface area contributed by atoms with Crippen molar-refractivity contribution in [1.29, 1.82) is 0 Å². The van der Waals surface area contributed by atoms with Gasteiger partial charge in [0.15, 0.2) is 6.10 Å². The van der Waals surface area contributed by atoms with Gasteiger partial charge in [-0.15, -0.1) is 0 Å². The molecule has 0 bridgehead atoms. The molecule has 8 heteroatoms. The quantitative estimate of drug-likeness (QED) is 0.768. The number of ether oxygens (including phenoxy) is 1. The standard InChI is InChI=1S/C17H18N2O5S/c1-12(16(20)18-13-8-4-3-5-9-13)24-17(21)14-10-6-7-11-15(14)19-25(2,22)23/h3-12,19H,1-2H3,(H,18,20)/t12-/m1/s1. The van der Waals surface area contributed by atoms with Gasteiger partial charge in [0.1, 0.15) is 0 Å². The zero-order valence-corrected chi connectivity index (χ0v) is 14.5. The number of nitrogens with one attached hydrogen (secondary N) is 2. The van der Waals surface area contributed by atoms with Crippen LogP contribution in [-0.2, 0) is 19.6 Å². The van der Waals surface area contributed by atoms with E-state index < -0.39 is 28.0 Å². The maximum absolute atomic E-state index is 12.3. The lowest BCUT2D eigenvalue weighted by Gasteiger charge is -2.15. The van der Waals surface area contributed by atoms with E-state index in [0.29, 0.717) is 5.69 Å². The minimum absolute atomic E-state index is 0.0206. The lowest BCUT2D eigenvalue weighted by molar-refractivity contribution is -0.123. The van der Waals surface area contributed by atoms with Gasteiger partial charge in [-0.05, 0) is 31.2 Å². The SMILES string of the molecule is C[C@@H](OC(=O)c1ccccc1NS(C)(=O)=O)C(=O)Nc1ccccc1. The third-order valence-corrected chi connectivity index (χ3v) is 3.73. The fourth-order valence-electron chi connectivity index (χ4n) is 1.99. The second kappa shape index (κ2) is 7.80. The van der Waals surface area contributed by atoms with Crippen molar-refractivity contribution in [2.24, 2.45) is 0 Å². The zero-order valence-electron chi connectivity index (χ0n) is 13.7. The number of carbonyl (C=O) groups excluding carboxylic acids is 2. The summed E-state index contributed by atoms with van der Waals surface area (Å²) < 4.78 is 30.1. The number of hydrogen-bond acceptors (Lipinski definition) is 5. The van der Waals surface area contributed by atoms with Gasteiger partial charge in [-0.25, -0.2) is 13.2 Å². The van der Waals surface area contributed by atoms with E-state index in [4.69, 9.17) is 4.74 Å². The molecule has 0 saturated carbocycles. The molecule has 0 fully saturated rings. The van der Waals surface area contributed by atoms with Crippen molar-refractivity contribution >= 4 is 33.3 Å². The van der Waals surface area contributed by atoms with Crippen molar-refractivity contribution in [2.75, 3.05) is 16.3 Å². The van der Waals surface area contributed by atoms with Gasteiger partial charge in [0.25, 0.3) is 5.91 Å². The molecule has 1 atom stereocenters. The van der Waals surface area contributed by atoms with Crippen LogP contribution in [0.5, 0.6) is 0 Å². The lowest BCUT2D eigenvalue weighted by atomic mass is 10.2. The number of para-hydroxylation sites is 2. The molecule has 0 heterocycles. The highest BCUT2D eigenvalue weighted by Crippen LogP contribution is 2.18. The number of hydrogen-bond donors (Lipinski definition) is 2. The van der Waals surface area contributed by atoms with E-state index in [9.17, 15) is 18.0 Å². The summed E-state index contributed by atoms with van der Waals surface area (Å²) >= 11 is 0. The van der Waals surface area contributed by atoms with Crippen LogP contribution in [0.15, 0.2) is 54.6 Å². The Kier molecular flexibility index (Phi) is 5.76. The van der Waals surface area contributed by atoms with Crippen LogP contribution >= 0.6 is 0 Å². The summed E-state index contributed by atoms with van der Waals surface area (Å²) in [6, 6.07) is 14.7. The number of rotatable bonds is 6. The predicted molar refractivity (Wildman–Crippen MR) is 94.9 cm³/mol. The van der Waals surface area contributed by atoms with E-state index >= 15 is 0 Å². The summed E-state index contributed by atoms with van der Waals surface area (Å²) in [5, 5.41) is 2.62. The molecule has 25 heavy (non-hydrogen) atoms. The van der Waals surface area contributed by atoms with Crippen molar-refractivity contribution in [3.8, 4) is 0 Å². The van der Waals surface area contributed by atoms with Crippen LogP contribution in [0.2, 0.25) is 0 Å². The Morgan fingerprint density at radius 1 is 1.00 bits per heavy atom. The van der Waals surface area contributed by atoms with Crippen LogP contribution < -0.4 is 10.0 Å². The highest BCUT2D eigenvalue weighted by molar-refractivity contribution is 7.92. The van der Waals surface area contributed by atoms with E-state index in [-0.39, 0.29) is 11.3 Å². The third-order valence-electron chi connectivity index (χ3n) is 3.14. The first-order valence-corrected chi connectivity index (χ1v) is 9.29. The Balaban J connectivity index is 2.07. The molecule has 0 spiro atoms. The molecule has 0 unspecified atom stereocenters. The first kappa shape index (κ1) is 18.5. The van der Waals surface area contributed by atoms with Crippen molar-refractivity contribution in [1.82, 2.24) is 0 Å². The molecule has 2 aromatic carbocycles. The second-order valence-electron chi connectivity index (χ2n) is 5.32. The number of esters is 1. The van der Waals surface area contributed by atoms with Crippen molar-refractivity contribution in [3.63, 3.8) is 0 Å². The Morgan fingerprint density at radius 2 is 1.60 bits per heavy atom. The Hall–Kier alpha value is -2.87. The number of amides is 1. The summed E-state index contributed by atoms with van der Waals surface area (Å²) in [6.45, 7) is 1.43. The summed E-state index contributed by atoms with van der Waals surface area (Å²) in [7, 11) is -3.56. The molecule has 1 amide bonds. The van der Waals surface area contributed by atoms with Crippen molar-refractivity contribution in [3.05, 3.63) is 60.2 Å². The van der Waals surface area contributed by atoms with Gasteiger partial charge in [0.05, 0.1) is 17.5 Å². The molecule has 2 rings (SSSR count). The van der Waals surface area contributed by atoms with E-state index in [1.54, 1.807) is 36.4 Å². The lowest BCUT2D eigenvalue weighted by Crippen LogP contribution is -2.30. The van der Waals surface area contributed by atoms with Crippen LogP contribution in [0.1, 0.15) is 17.3 Å². The summed E-state index contributed by atoms with van der Waals surface area (Å²) in [6.07, 6.45) is -0.0793. The van der Waals surface area contributed by atoms with E-state index in [1.807, 2.05) is 6.07 Å². The molecule has 7 nitrogen and oxygen atoms in total. The van der Waals surface area contributed by atoms with E-state index in [0.717, 1.165) is 6.26 Å². The molecule has 0 radical (unpaired) electrons. The third kappa shape index (κ3) is 5.61. The summed E-state index contributed by atoms with van der Waals surface area (Å²) in [4.78, 5) is 24.4. The maximum Gasteiger partial charge on any atom is 0.341 e. The molecular formula is C17H18N2O5S. The molecule has 0 saturated heterocycles. The molecule has 0 aliphatic carbocycles. The molecule has 2 aromatic rings. The normalized spacial score (nSPS) is 12.1. The minimum atomic E-state index is -3.56. The second-order valence-corrected chi connectivity index (χ2v) is 7.07. The topological polar surface area (TPSA) is 102 Å². The Bertz CT molecular complexity index is 866. The van der Waals surface area contributed by atoms with Gasteiger partial charge < -0.3 is 10.1 Å². The smallest absolute Gasteiger partial charge is 0.341 e. The average molecular weight is 362 g/mol. The molecule has 0 aliphatic heterocycles. The van der Waals surface area contributed by atoms with Gasteiger partial charge in [0, 0.05) is 5.69 Å². The van der Waals surface area contributed by atoms with Crippen LogP contribution in [0, 0.1) is 0 Å². The van der Waals surface area contributed by atoms with Crippen LogP contribution in [0.3, 0.4) is 0 Å². The highest BCUT2D eigenvalue weighted by atomic mass is 32.2. The fourth-order valence-corrected chi connectivity index (χ4v) is 2.57. The van der Waals surface area contributed by atoms with Crippen LogP contribution in [0.25, 0.3) is 0 Å². The number of anilines is 2. The van der Waals surface area contributed by atoms with Crippen molar-refractivity contribution < 1.29 is 22.7 Å². The van der Waals surface area contributed by atoms with Gasteiger partial charge in [-0.1, -0.05) is 30.3 Å². The van der Waals surface area contributed by atoms with E-state index in [1.165, 1.54) is 19.1 Å². The zero-order chi connectivity index (χ0) is 18.4. The molecule has 0 aliphatic rings. The van der Waals surface area contributed by atoms with Gasteiger partial charge in [-0.2, -0.15) is 0 Å². The Labute approximate surface area is 146 Å². The molecule has 0 aromatic heterocycles. The largest absolute Gasteiger partial charge is 0.449 e. The molecule has 132 valence electrons. The first-order valence-electron chi connectivity index (χ1n) is 7.40. The van der Waals surface area contributed by atoms with Crippen molar-refractivity contribution in [2.45, 2.75) is 13.0 Å². The summed E-state index contributed by atoms with van der Waals surface area (Å²) in [5.74, 6) is -1.30. The molecular weight excluding hydrogens is 344 g/mol. The number of benzene rings is 2. The van der Waals surface area contributed by atoms with E-state index in [2.05, 4.69) is 10.0 Å². The molecule has 2 N–H and O–H groups in total. The van der Waals surface area contributed by atoms with Gasteiger partial charge >= 0.3 is 5.97 Å². The van der Waals surface area contributed by atoms with Gasteiger partial charge in [-0.3, -0.25) is 9.52 Å². The van der Waals surface area contributed by atoms with Crippen LogP contribution in [-0.4, -0.2) is 32.7 Å². The average Bonchev–Trinajstić information content (AvgIpc) is 2.54. The predicted octanol–water partition coefficient (Wildman–Crippen LogP) is 2.24. The first-order chi connectivity index (χ1) is 11.8. The number of carbonyl (C=O) groups is 2. The highest BCUT2D eigenvalue weighted by Gasteiger charge is 2.21. The Morgan fingerprint density at radius 3 is 2.24 bits per heavy atom. The van der Waals surface area contributed by atoms with Gasteiger partial charge in [0.2, 0.25) is 10.0 Å². The van der Waals surface area contributed by atoms with Crippen LogP contribution in [0.4, 0.5) is 11.4 Å².